The predicted octanol–water partition coefficient (Wildman–Crippen LogP) is 7.16. The van der Waals surface area contributed by atoms with Crippen LogP contribution in [-0.2, 0) is 28.7 Å². The first-order valence-corrected chi connectivity index (χ1v) is 15.5. The summed E-state index contributed by atoms with van der Waals surface area (Å²) in [5.41, 5.74) is 0. The number of Topliss-reactive ketones (excluding diaryl/α,β-unsaturated/α-hetero) is 2. The summed E-state index contributed by atoms with van der Waals surface area (Å²) in [6.07, 6.45) is 17.9. The maximum absolute atomic E-state index is 12.3. The van der Waals surface area contributed by atoms with Gasteiger partial charge in [-0.05, 0) is 32.6 Å². The Labute approximate surface area is 236 Å². The fourth-order valence-corrected chi connectivity index (χ4v) is 4.61. The molecule has 0 bridgehead atoms. The van der Waals surface area contributed by atoms with E-state index in [0.717, 1.165) is 38.5 Å². The molecule has 0 aliphatic heterocycles. The molecule has 0 fully saturated rings. The van der Waals surface area contributed by atoms with Crippen LogP contribution in [0.15, 0.2) is 0 Å². The van der Waals surface area contributed by atoms with E-state index in [1.807, 2.05) is 6.92 Å². The van der Waals surface area contributed by atoms with Crippen molar-refractivity contribution < 1.29 is 38.9 Å². The number of aliphatic carboxylic acids is 2. The van der Waals surface area contributed by atoms with Crippen molar-refractivity contribution in [1.29, 1.82) is 0 Å². The lowest BCUT2D eigenvalue weighted by Crippen LogP contribution is -2.19. The molecule has 228 valence electrons. The Morgan fingerprint density at radius 2 is 1.00 bits per heavy atom. The number of unbranched alkanes of at least 4 members (excludes halogenated alkanes) is 13. The van der Waals surface area contributed by atoms with E-state index in [1.165, 1.54) is 51.4 Å². The van der Waals surface area contributed by atoms with Gasteiger partial charge in [-0.1, -0.05) is 77.0 Å². The number of carbonyl (C=O) groups is 4. The SMILES string of the molecule is CCOCCOCCCC(=O)CC[C@H](CC(=O)CCCCCCCCCCCCCCCCC(=O)O)C(=O)O. The Balaban J connectivity index is 3.63. The molecule has 0 spiro atoms. The Morgan fingerprint density at radius 3 is 1.49 bits per heavy atom. The molecule has 0 saturated heterocycles. The number of carboxylic acid groups (broad SMARTS) is 2. The summed E-state index contributed by atoms with van der Waals surface area (Å²) >= 11 is 0. The summed E-state index contributed by atoms with van der Waals surface area (Å²) in [5, 5.41) is 18.1. The van der Waals surface area contributed by atoms with E-state index in [4.69, 9.17) is 14.6 Å². The van der Waals surface area contributed by atoms with Crippen LogP contribution >= 0.6 is 0 Å². The third-order valence-electron chi connectivity index (χ3n) is 7.01. The van der Waals surface area contributed by atoms with Crippen LogP contribution in [0.2, 0.25) is 0 Å². The van der Waals surface area contributed by atoms with E-state index in [2.05, 4.69) is 0 Å². The van der Waals surface area contributed by atoms with E-state index < -0.39 is 17.9 Å². The summed E-state index contributed by atoms with van der Waals surface area (Å²) in [6.45, 7) is 4.11. The highest BCUT2D eigenvalue weighted by atomic mass is 16.5. The first kappa shape index (κ1) is 37.2. The number of carboxylic acids is 2. The molecule has 0 radical (unpaired) electrons. The van der Waals surface area contributed by atoms with Crippen molar-refractivity contribution >= 4 is 23.5 Å². The minimum Gasteiger partial charge on any atom is -0.481 e. The molecule has 0 aliphatic carbocycles. The van der Waals surface area contributed by atoms with Gasteiger partial charge in [-0.3, -0.25) is 19.2 Å². The van der Waals surface area contributed by atoms with Crippen LogP contribution in [0.5, 0.6) is 0 Å². The molecule has 8 nitrogen and oxygen atoms in total. The second-order valence-corrected chi connectivity index (χ2v) is 10.6. The third-order valence-corrected chi connectivity index (χ3v) is 7.01. The van der Waals surface area contributed by atoms with Crippen LogP contribution in [0.25, 0.3) is 0 Å². The highest BCUT2D eigenvalue weighted by Gasteiger charge is 2.21. The lowest BCUT2D eigenvalue weighted by molar-refractivity contribution is -0.144. The lowest BCUT2D eigenvalue weighted by Gasteiger charge is -2.11. The standard InChI is InChI=1S/C31H56O8/c1-2-38-24-25-39-23-17-19-28(32)22-21-27(31(36)37)26-29(33)18-15-13-11-9-7-5-3-4-6-8-10-12-14-16-20-30(34)35/h27H,2-26H2,1H3,(H,34,35)(H,36,37)/t27-/m1/s1. The highest BCUT2D eigenvalue weighted by Crippen LogP contribution is 2.17. The number of hydrogen-bond acceptors (Lipinski definition) is 6. The van der Waals surface area contributed by atoms with Crippen LogP contribution in [0.4, 0.5) is 0 Å². The molecule has 0 unspecified atom stereocenters. The second kappa shape index (κ2) is 27.8. The van der Waals surface area contributed by atoms with Crippen molar-refractivity contribution in [3.05, 3.63) is 0 Å². The maximum atomic E-state index is 12.3. The van der Waals surface area contributed by atoms with E-state index >= 15 is 0 Å². The van der Waals surface area contributed by atoms with Crippen LogP contribution in [0, 0.1) is 5.92 Å². The van der Waals surface area contributed by atoms with Gasteiger partial charge in [0.2, 0.25) is 0 Å². The normalized spacial score (nSPS) is 11.9. The van der Waals surface area contributed by atoms with Gasteiger partial charge < -0.3 is 19.7 Å². The van der Waals surface area contributed by atoms with Crippen molar-refractivity contribution in [3.63, 3.8) is 0 Å². The Hall–Kier alpha value is -1.80. The molecule has 0 rings (SSSR count). The number of hydrogen-bond donors (Lipinski definition) is 2. The van der Waals surface area contributed by atoms with Crippen LogP contribution < -0.4 is 0 Å². The number of rotatable bonds is 31. The van der Waals surface area contributed by atoms with Gasteiger partial charge in [0.05, 0.1) is 19.1 Å². The summed E-state index contributed by atoms with van der Waals surface area (Å²) in [6, 6.07) is 0. The molecule has 2 N–H and O–H groups in total. The average Bonchev–Trinajstić information content (AvgIpc) is 2.89. The molecule has 0 aromatic carbocycles. The van der Waals surface area contributed by atoms with Gasteiger partial charge in [-0.25, -0.2) is 0 Å². The second-order valence-electron chi connectivity index (χ2n) is 10.6. The molecule has 1 atom stereocenters. The molecule has 0 amide bonds. The molecular formula is C31H56O8. The molecule has 0 aromatic heterocycles. The smallest absolute Gasteiger partial charge is 0.306 e. The average molecular weight is 557 g/mol. The number of carbonyl (C=O) groups excluding carboxylic acids is 2. The predicted molar refractivity (Wildman–Crippen MR) is 153 cm³/mol. The summed E-state index contributed by atoms with van der Waals surface area (Å²) in [7, 11) is 0. The maximum Gasteiger partial charge on any atom is 0.306 e. The lowest BCUT2D eigenvalue weighted by atomic mass is 9.93. The molecule has 39 heavy (non-hydrogen) atoms. The van der Waals surface area contributed by atoms with Gasteiger partial charge in [0.15, 0.2) is 0 Å². The largest absolute Gasteiger partial charge is 0.481 e. The quantitative estimate of drug-likeness (QED) is 0.0861. The topological polar surface area (TPSA) is 127 Å². The zero-order valence-corrected chi connectivity index (χ0v) is 24.6. The fourth-order valence-electron chi connectivity index (χ4n) is 4.61. The van der Waals surface area contributed by atoms with Crippen molar-refractivity contribution in [3.8, 4) is 0 Å². The van der Waals surface area contributed by atoms with Gasteiger partial charge in [0.1, 0.15) is 11.6 Å². The zero-order valence-electron chi connectivity index (χ0n) is 24.6. The first-order valence-electron chi connectivity index (χ1n) is 15.5. The molecule has 0 saturated carbocycles. The van der Waals surface area contributed by atoms with Gasteiger partial charge >= 0.3 is 11.9 Å². The van der Waals surface area contributed by atoms with Crippen molar-refractivity contribution in [2.45, 2.75) is 142 Å². The van der Waals surface area contributed by atoms with Gasteiger partial charge in [-0.15, -0.1) is 0 Å². The van der Waals surface area contributed by atoms with E-state index in [0.29, 0.717) is 52.1 Å². The Bertz CT molecular complexity index is 634. The number of ketones is 2. The molecule has 8 heteroatoms. The fraction of sp³-hybridized carbons (Fsp3) is 0.871. The highest BCUT2D eigenvalue weighted by molar-refractivity contribution is 5.84. The van der Waals surface area contributed by atoms with Crippen molar-refractivity contribution in [2.75, 3.05) is 26.4 Å². The Kier molecular flexibility index (Phi) is 26.5. The van der Waals surface area contributed by atoms with Gasteiger partial charge in [-0.2, -0.15) is 0 Å². The van der Waals surface area contributed by atoms with E-state index in [9.17, 15) is 24.3 Å². The zero-order chi connectivity index (χ0) is 29.0. The summed E-state index contributed by atoms with van der Waals surface area (Å²) < 4.78 is 10.6. The summed E-state index contributed by atoms with van der Waals surface area (Å²) in [4.78, 5) is 46.4. The summed E-state index contributed by atoms with van der Waals surface area (Å²) in [5.74, 6) is -2.46. The minimum absolute atomic E-state index is 0.0144. The molecule has 0 heterocycles. The van der Waals surface area contributed by atoms with Gasteiger partial charge in [0, 0.05) is 45.3 Å². The number of ether oxygens (including phenoxy) is 2. The monoisotopic (exact) mass is 556 g/mol. The van der Waals surface area contributed by atoms with Crippen LogP contribution in [0.1, 0.15) is 142 Å². The van der Waals surface area contributed by atoms with Crippen LogP contribution in [-0.4, -0.2) is 60.1 Å². The van der Waals surface area contributed by atoms with Crippen molar-refractivity contribution in [2.24, 2.45) is 5.92 Å². The third kappa shape index (κ3) is 27.6. The first-order chi connectivity index (χ1) is 18.9. The van der Waals surface area contributed by atoms with Crippen molar-refractivity contribution in [1.82, 2.24) is 0 Å². The van der Waals surface area contributed by atoms with Gasteiger partial charge in [0.25, 0.3) is 0 Å². The molecule has 0 aliphatic rings. The van der Waals surface area contributed by atoms with E-state index in [1.54, 1.807) is 0 Å². The molecule has 0 aromatic rings. The molecular weight excluding hydrogens is 500 g/mol. The Morgan fingerprint density at radius 1 is 0.538 bits per heavy atom. The minimum atomic E-state index is -0.994. The van der Waals surface area contributed by atoms with E-state index in [-0.39, 0.29) is 30.8 Å². The van der Waals surface area contributed by atoms with Crippen LogP contribution in [0.3, 0.4) is 0 Å².